The van der Waals surface area contributed by atoms with E-state index in [0.717, 1.165) is 22.9 Å². The highest BCUT2D eigenvalue weighted by Gasteiger charge is 2.04. The van der Waals surface area contributed by atoms with E-state index in [-0.39, 0.29) is 0 Å². The first kappa shape index (κ1) is 11.5. The zero-order valence-electron chi connectivity index (χ0n) is 10.3. The maximum atomic E-state index is 4.62. The number of nitrogens with zero attached hydrogens (tertiary/aromatic N) is 2. The molecular weight excluding hydrogens is 212 g/mol. The molecule has 0 saturated heterocycles. The van der Waals surface area contributed by atoms with Gasteiger partial charge in [-0.25, -0.2) is 4.98 Å². The molecule has 0 radical (unpaired) electrons. The highest BCUT2D eigenvalue weighted by Crippen LogP contribution is 1.95. The molecule has 0 unspecified atom stereocenters. The van der Waals surface area contributed by atoms with Gasteiger partial charge in [0.15, 0.2) is 0 Å². The van der Waals surface area contributed by atoms with Crippen molar-refractivity contribution in [3.05, 3.63) is 41.5 Å². The van der Waals surface area contributed by atoms with Crippen LogP contribution in [0.4, 0.5) is 0 Å². The van der Waals surface area contributed by atoms with E-state index in [4.69, 9.17) is 0 Å². The molecular formula is C13H18N4. The van der Waals surface area contributed by atoms with Gasteiger partial charge in [-0.05, 0) is 24.8 Å². The maximum absolute atomic E-state index is 4.62. The van der Waals surface area contributed by atoms with E-state index in [0.29, 0.717) is 6.67 Å². The molecule has 2 N–H and O–H groups in total. The highest BCUT2D eigenvalue weighted by atomic mass is 15.1. The molecule has 0 aliphatic carbocycles. The number of aromatic nitrogens is 2. The molecule has 2 heterocycles. The van der Waals surface area contributed by atoms with Crippen LogP contribution >= 0.6 is 0 Å². The highest BCUT2D eigenvalue weighted by molar-refractivity contribution is 5.53. The largest absolute Gasteiger partial charge is 0.374 e. The summed E-state index contributed by atoms with van der Waals surface area (Å²) in [5, 5.41) is 8.46. The molecule has 1 aromatic rings. The van der Waals surface area contributed by atoms with Gasteiger partial charge in [-0.15, -0.1) is 6.58 Å². The molecule has 1 aromatic heterocycles. The lowest BCUT2D eigenvalue weighted by Crippen LogP contribution is -2.33. The van der Waals surface area contributed by atoms with E-state index in [9.17, 15) is 0 Å². The molecule has 0 fully saturated rings. The van der Waals surface area contributed by atoms with Crippen LogP contribution in [0.5, 0.6) is 0 Å². The third-order valence-electron chi connectivity index (χ3n) is 2.81. The summed E-state index contributed by atoms with van der Waals surface area (Å²) in [6, 6.07) is 0. The number of fused-ring (bicyclic) bond motifs is 1. The Balaban J connectivity index is 2.72. The van der Waals surface area contributed by atoms with Gasteiger partial charge >= 0.3 is 0 Å². The average Bonchev–Trinajstić information content (AvgIpc) is 2.64. The van der Waals surface area contributed by atoms with Crippen LogP contribution in [0.3, 0.4) is 0 Å². The fraction of sp³-hybridized carbons (Fsp3) is 0.308. The van der Waals surface area contributed by atoms with E-state index >= 15 is 0 Å². The van der Waals surface area contributed by atoms with Crippen molar-refractivity contribution in [2.75, 3.05) is 6.67 Å². The summed E-state index contributed by atoms with van der Waals surface area (Å²) in [5.41, 5.74) is 1.19. The standard InChI is InChI=1S/C13H18N4/c1-4-5-12-16-11-8-15-9-14-7-6-10(2)13(11)17(12)3/h4,6-8,14-15H,1,5,9H2,2-3H3/b7-6-,11-8-,13-10-. The lowest BCUT2D eigenvalue weighted by atomic mass is 10.2. The molecule has 0 amide bonds. The van der Waals surface area contributed by atoms with Crippen LogP contribution in [0.25, 0.3) is 11.8 Å². The van der Waals surface area contributed by atoms with Crippen LogP contribution in [-0.2, 0) is 13.5 Å². The molecule has 17 heavy (non-hydrogen) atoms. The second-order valence-electron chi connectivity index (χ2n) is 4.06. The van der Waals surface area contributed by atoms with E-state index < -0.39 is 0 Å². The number of nitrogens with one attached hydrogen (secondary N) is 2. The molecule has 1 aliphatic rings. The summed E-state index contributed by atoms with van der Waals surface area (Å²) in [7, 11) is 2.04. The van der Waals surface area contributed by atoms with Gasteiger partial charge in [0.25, 0.3) is 0 Å². The Morgan fingerprint density at radius 2 is 2.35 bits per heavy atom. The second kappa shape index (κ2) is 4.91. The predicted octanol–water partition coefficient (Wildman–Crippen LogP) is -0.279. The summed E-state index contributed by atoms with van der Waals surface area (Å²) in [4.78, 5) is 4.62. The Labute approximate surface area is 101 Å². The SMILES string of the molecule is C=CCc1nc2/c(n1C)=C(C)/C=C\NCN/C=2. The predicted molar refractivity (Wildman–Crippen MR) is 70.2 cm³/mol. The normalized spacial score (nSPS) is 21.6. The zero-order valence-corrected chi connectivity index (χ0v) is 10.3. The van der Waals surface area contributed by atoms with Crippen LogP contribution < -0.4 is 21.3 Å². The molecule has 1 aliphatic heterocycles. The number of hydrogen-bond acceptors (Lipinski definition) is 3. The van der Waals surface area contributed by atoms with Gasteiger partial charge in [-0.3, -0.25) is 0 Å². The van der Waals surface area contributed by atoms with Gasteiger partial charge in [0, 0.05) is 19.7 Å². The quantitative estimate of drug-likeness (QED) is 0.687. The van der Waals surface area contributed by atoms with Crippen molar-refractivity contribution in [2.45, 2.75) is 13.3 Å². The summed E-state index contributed by atoms with van der Waals surface area (Å²) in [6.45, 7) is 6.56. The van der Waals surface area contributed by atoms with Crippen molar-refractivity contribution in [3.8, 4) is 0 Å². The third kappa shape index (κ3) is 2.25. The minimum absolute atomic E-state index is 0.705. The molecule has 0 spiro atoms. The van der Waals surface area contributed by atoms with Crippen molar-refractivity contribution < 1.29 is 0 Å². The molecule has 90 valence electrons. The van der Waals surface area contributed by atoms with Crippen LogP contribution in [0, 0.1) is 0 Å². The lowest BCUT2D eigenvalue weighted by molar-refractivity contribution is 0.795. The van der Waals surface area contributed by atoms with Crippen LogP contribution in [0.1, 0.15) is 12.7 Å². The van der Waals surface area contributed by atoms with E-state index in [1.165, 1.54) is 5.57 Å². The Morgan fingerprint density at radius 3 is 3.12 bits per heavy atom. The Kier molecular flexibility index (Phi) is 3.32. The first-order chi connectivity index (χ1) is 8.24. The summed E-state index contributed by atoms with van der Waals surface area (Å²) < 4.78 is 2.13. The topological polar surface area (TPSA) is 41.9 Å². The monoisotopic (exact) mass is 230 g/mol. The van der Waals surface area contributed by atoms with Crippen molar-refractivity contribution in [2.24, 2.45) is 7.05 Å². The smallest absolute Gasteiger partial charge is 0.113 e. The molecule has 2 rings (SSSR count). The van der Waals surface area contributed by atoms with Crippen molar-refractivity contribution in [3.63, 3.8) is 0 Å². The van der Waals surface area contributed by atoms with E-state index in [1.54, 1.807) is 0 Å². The summed E-state index contributed by atoms with van der Waals surface area (Å²) >= 11 is 0. The maximum Gasteiger partial charge on any atom is 0.113 e. The molecule has 0 atom stereocenters. The summed E-state index contributed by atoms with van der Waals surface area (Å²) in [6.07, 6.45) is 8.63. The van der Waals surface area contributed by atoms with Gasteiger partial charge < -0.3 is 15.2 Å². The Hall–Kier alpha value is -1.97. The van der Waals surface area contributed by atoms with Gasteiger partial charge in [-0.2, -0.15) is 0 Å². The molecule has 0 saturated carbocycles. The number of imidazole rings is 1. The fourth-order valence-corrected chi connectivity index (χ4v) is 1.98. The van der Waals surface area contributed by atoms with E-state index in [2.05, 4.69) is 39.8 Å². The molecule has 0 bridgehead atoms. The zero-order chi connectivity index (χ0) is 12.3. The second-order valence-corrected chi connectivity index (χ2v) is 4.06. The van der Waals surface area contributed by atoms with Crippen LogP contribution in [0.2, 0.25) is 0 Å². The lowest BCUT2D eigenvalue weighted by Gasteiger charge is -1.99. The minimum atomic E-state index is 0.705. The third-order valence-corrected chi connectivity index (χ3v) is 2.81. The molecule has 0 aromatic carbocycles. The number of hydrogen-bond donors (Lipinski definition) is 2. The average molecular weight is 230 g/mol. The van der Waals surface area contributed by atoms with Crippen molar-refractivity contribution in [1.82, 2.24) is 20.2 Å². The van der Waals surface area contributed by atoms with Gasteiger partial charge in [-0.1, -0.05) is 6.08 Å². The van der Waals surface area contributed by atoms with Crippen LogP contribution in [0.15, 0.2) is 24.9 Å². The molecule has 4 nitrogen and oxygen atoms in total. The summed E-state index contributed by atoms with van der Waals surface area (Å²) in [5.74, 6) is 1.03. The van der Waals surface area contributed by atoms with E-state index in [1.807, 2.05) is 25.5 Å². The van der Waals surface area contributed by atoms with Crippen LogP contribution in [-0.4, -0.2) is 16.2 Å². The van der Waals surface area contributed by atoms with Gasteiger partial charge in [0.2, 0.25) is 0 Å². The number of allylic oxidation sites excluding steroid dienone is 2. The van der Waals surface area contributed by atoms with Crippen molar-refractivity contribution in [1.29, 1.82) is 0 Å². The first-order valence-corrected chi connectivity index (χ1v) is 5.71. The molecule has 4 heteroatoms. The Bertz CT molecular complexity index is 563. The minimum Gasteiger partial charge on any atom is -0.374 e. The van der Waals surface area contributed by atoms with Crippen molar-refractivity contribution >= 4 is 11.8 Å². The number of rotatable bonds is 2. The Morgan fingerprint density at radius 1 is 1.53 bits per heavy atom. The van der Waals surface area contributed by atoms with Gasteiger partial charge in [0.1, 0.15) is 11.2 Å². The van der Waals surface area contributed by atoms with Gasteiger partial charge in [0.05, 0.1) is 12.0 Å². The first-order valence-electron chi connectivity index (χ1n) is 5.71. The fourth-order valence-electron chi connectivity index (χ4n) is 1.98.